The smallest absolute Gasteiger partial charge is 0.251 e. The van der Waals surface area contributed by atoms with Crippen LogP contribution in [-0.2, 0) is 16.6 Å². The molecule has 2 saturated heterocycles. The van der Waals surface area contributed by atoms with Gasteiger partial charge in [0, 0.05) is 31.7 Å². The average Bonchev–Trinajstić information content (AvgIpc) is 3.48. The lowest BCUT2D eigenvalue weighted by Gasteiger charge is -2.24. The number of carbonyl (C=O) groups is 1. The monoisotopic (exact) mass is 403 g/mol. The van der Waals surface area contributed by atoms with Crippen LogP contribution in [0.4, 0.5) is 5.69 Å². The molecule has 0 bridgehead atoms. The van der Waals surface area contributed by atoms with Crippen LogP contribution >= 0.6 is 0 Å². The van der Waals surface area contributed by atoms with Gasteiger partial charge >= 0.3 is 0 Å². The number of nitrogens with zero attached hydrogens (tertiary/aromatic N) is 2. The second-order valence-corrected chi connectivity index (χ2v) is 9.16. The van der Waals surface area contributed by atoms with Crippen molar-refractivity contribution in [1.29, 1.82) is 0 Å². The Labute approximate surface area is 165 Å². The van der Waals surface area contributed by atoms with Crippen LogP contribution in [-0.4, -0.2) is 44.8 Å². The molecule has 2 aliphatic rings. The fourth-order valence-electron chi connectivity index (χ4n) is 3.83. The van der Waals surface area contributed by atoms with Gasteiger partial charge in [-0.3, -0.25) is 4.79 Å². The Morgan fingerprint density at radius 1 is 1.04 bits per heavy atom. The lowest BCUT2D eigenvalue weighted by molar-refractivity contribution is 0.0948. The predicted molar refractivity (Wildman–Crippen MR) is 106 cm³/mol. The van der Waals surface area contributed by atoms with Crippen molar-refractivity contribution < 1.29 is 17.6 Å². The molecule has 1 aromatic carbocycles. The first-order valence-electron chi connectivity index (χ1n) is 9.75. The maximum absolute atomic E-state index is 13.3. The summed E-state index contributed by atoms with van der Waals surface area (Å²) in [5, 5.41) is 2.78. The molecule has 4 rings (SSSR count). The van der Waals surface area contributed by atoms with Crippen molar-refractivity contribution in [1.82, 2.24) is 9.62 Å². The normalized spacial score (nSPS) is 17.9. The van der Waals surface area contributed by atoms with Crippen molar-refractivity contribution in [3.63, 3.8) is 0 Å². The zero-order chi connectivity index (χ0) is 19.6. The SMILES string of the molecule is O=C(NCc1ccco1)c1ccc(N2CCCC2)c(S(=O)(=O)N2CCCC2)c1. The Bertz CT molecular complexity index is 928. The minimum Gasteiger partial charge on any atom is -0.467 e. The van der Waals surface area contributed by atoms with E-state index in [-0.39, 0.29) is 17.3 Å². The Kier molecular flexibility index (Phi) is 5.41. The molecule has 0 atom stereocenters. The van der Waals surface area contributed by atoms with E-state index in [0.717, 1.165) is 38.8 Å². The molecule has 28 heavy (non-hydrogen) atoms. The quantitative estimate of drug-likeness (QED) is 0.802. The summed E-state index contributed by atoms with van der Waals surface area (Å²) in [6.07, 6.45) is 5.40. The number of benzene rings is 1. The molecular formula is C20H25N3O4S. The summed E-state index contributed by atoms with van der Waals surface area (Å²) in [5.74, 6) is 0.328. The summed E-state index contributed by atoms with van der Waals surface area (Å²) in [5.41, 5.74) is 1.04. The Morgan fingerprint density at radius 2 is 1.75 bits per heavy atom. The van der Waals surface area contributed by atoms with Crippen molar-refractivity contribution >= 4 is 21.6 Å². The van der Waals surface area contributed by atoms with Gasteiger partial charge in [-0.05, 0) is 56.0 Å². The van der Waals surface area contributed by atoms with Gasteiger partial charge in [0.2, 0.25) is 10.0 Å². The van der Waals surface area contributed by atoms with Gasteiger partial charge in [-0.25, -0.2) is 8.42 Å². The summed E-state index contributed by atoms with van der Waals surface area (Å²) < 4.78 is 33.3. The lowest BCUT2D eigenvalue weighted by Crippen LogP contribution is -2.31. The second-order valence-electron chi connectivity index (χ2n) is 7.25. The Morgan fingerprint density at radius 3 is 2.43 bits per heavy atom. The molecule has 1 amide bonds. The molecule has 8 heteroatoms. The van der Waals surface area contributed by atoms with Crippen LogP contribution in [0.1, 0.15) is 41.8 Å². The first-order chi connectivity index (χ1) is 13.6. The van der Waals surface area contributed by atoms with E-state index in [1.165, 1.54) is 10.4 Å². The maximum Gasteiger partial charge on any atom is 0.251 e. The van der Waals surface area contributed by atoms with E-state index in [9.17, 15) is 13.2 Å². The van der Waals surface area contributed by atoms with Crippen LogP contribution in [0.5, 0.6) is 0 Å². The Hall–Kier alpha value is -2.32. The standard InChI is InChI=1S/C20H25N3O4S/c24-20(21-15-17-6-5-13-27-17)16-7-8-18(22-9-1-2-10-22)19(14-16)28(25,26)23-11-3-4-12-23/h5-8,13-14H,1-4,9-12,15H2,(H,21,24). The number of nitrogens with one attached hydrogen (secondary N) is 1. The van der Waals surface area contributed by atoms with Crippen LogP contribution in [0, 0.1) is 0 Å². The van der Waals surface area contributed by atoms with E-state index >= 15 is 0 Å². The van der Waals surface area contributed by atoms with Crippen molar-refractivity contribution in [3.05, 3.63) is 47.9 Å². The van der Waals surface area contributed by atoms with Crippen molar-refractivity contribution in [2.45, 2.75) is 37.1 Å². The molecule has 0 unspecified atom stereocenters. The fourth-order valence-corrected chi connectivity index (χ4v) is 5.59. The van der Waals surface area contributed by atoms with E-state index < -0.39 is 10.0 Å². The van der Waals surface area contributed by atoms with Gasteiger partial charge in [-0.2, -0.15) is 4.31 Å². The van der Waals surface area contributed by atoms with Crippen LogP contribution in [0.25, 0.3) is 0 Å². The van der Waals surface area contributed by atoms with Crippen LogP contribution < -0.4 is 10.2 Å². The van der Waals surface area contributed by atoms with Gasteiger partial charge in [0.05, 0.1) is 18.5 Å². The number of furan rings is 1. The summed E-state index contributed by atoms with van der Waals surface area (Å²) in [6, 6.07) is 8.54. The zero-order valence-corrected chi connectivity index (χ0v) is 16.6. The Balaban J connectivity index is 1.64. The number of rotatable bonds is 6. The van der Waals surface area contributed by atoms with Gasteiger partial charge in [0.15, 0.2) is 0 Å². The number of hydrogen-bond donors (Lipinski definition) is 1. The highest BCUT2D eigenvalue weighted by Gasteiger charge is 2.32. The van der Waals surface area contributed by atoms with E-state index in [4.69, 9.17) is 4.42 Å². The summed E-state index contributed by atoms with van der Waals surface area (Å²) in [4.78, 5) is 14.9. The van der Waals surface area contributed by atoms with Crippen LogP contribution in [0.2, 0.25) is 0 Å². The third kappa shape index (κ3) is 3.79. The van der Waals surface area contributed by atoms with E-state index in [0.29, 0.717) is 30.1 Å². The average molecular weight is 404 g/mol. The minimum absolute atomic E-state index is 0.238. The first-order valence-corrected chi connectivity index (χ1v) is 11.2. The largest absolute Gasteiger partial charge is 0.467 e. The number of sulfonamides is 1. The van der Waals surface area contributed by atoms with Gasteiger partial charge in [-0.1, -0.05) is 0 Å². The van der Waals surface area contributed by atoms with Crippen LogP contribution in [0.15, 0.2) is 45.9 Å². The molecule has 2 aliphatic heterocycles. The highest BCUT2D eigenvalue weighted by atomic mass is 32.2. The van der Waals surface area contributed by atoms with Gasteiger partial charge in [0.1, 0.15) is 10.7 Å². The topological polar surface area (TPSA) is 82.9 Å². The van der Waals surface area contributed by atoms with Crippen molar-refractivity contribution in [3.8, 4) is 0 Å². The van der Waals surface area contributed by atoms with E-state index in [2.05, 4.69) is 10.2 Å². The second kappa shape index (κ2) is 7.97. The van der Waals surface area contributed by atoms with Gasteiger partial charge in [0.25, 0.3) is 5.91 Å². The predicted octanol–water partition coefficient (Wildman–Crippen LogP) is 2.59. The molecular weight excluding hydrogens is 378 g/mol. The molecule has 150 valence electrons. The number of anilines is 1. The molecule has 2 fully saturated rings. The lowest BCUT2D eigenvalue weighted by atomic mass is 10.2. The molecule has 0 saturated carbocycles. The van der Waals surface area contributed by atoms with Crippen LogP contribution in [0.3, 0.4) is 0 Å². The molecule has 2 aromatic rings. The summed E-state index contributed by atoms with van der Waals surface area (Å²) >= 11 is 0. The third-order valence-corrected chi connectivity index (χ3v) is 7.28. The maximum atomic E-state index is 13.3. The number of amides is 1. The van der Waals surface area contributed by atoms with E-state index in [1.54, 1.807) is 30.5 Å². The molecule has 1 aromatic heterocycles. The molecule has 0 radical (unpaired) electrons. The molecule has 0 aliphatic carbocycles. The molecule has 3 heterocycles. The molecule has 1 N–H and O–H groups in total. The molecule has 7 nitrogen and oxygen atoms in total. The van der Waals surface area contributed by atoms with Gasteiger partial charge in [-0.15, -0.1) is 0 Å². The third-order valence-electron chi connectivity index (χ3n) is 5.35. The zero-order valence-electron chi connectivity index (χ0n) is 15.8. The first kappa shape index (κ1) is 19.0. The molecule has 0 spiro atoms. The number of hydrogen-bond acceptors (Lipinski definition) is 5. The fraction of sp³-hybridized carbons (Fsp3) is 0.450. The number of carbonyl (C=O) groups excluding carboxylic acids is 1. The van der Waals surface area contributed by atoms with Crippen molar-refractivity contribution in [2.24, 2.45) is 0 Å². The van der Waals surface area contributed by atoms with E-state index in [1.807, 2.05) is 0 Å². The van der Waals surface area contributed by atoms with Gasteiger partial charge < -0.3 is 14.6 Å². The highest BCUT2D eigenvalue weighted by molar-refractivity contribution is 7.89. The summed E-state index contributed by atoms with van der Waals surface area (Å²) in [6.45, 7) is 3.01. The highest BCUT2D eigenvalue weighted by Crippen LogP contribution is 2.32. The van der Waals surface area contributed by atoms with Crippen molar-refractivity contribution in [2.75, 3.05) is 31.1 Å². The summed E-state index contributed by atoms with van der Waals surface area (Å²) in [7, 11) is -3.63. The minimum atomic E-state index is -3.63.